The topological polar surface area (TPSA) is 70.2 Å². The van der Waals surface area contributed by atoms with E-state index in [0.29, 0.717) is 11.5 Å². The predicted molar refractivity (Wildman–Crippen MR) is 127 cm³/mol. The number of ether oxygens (including phenoxy) is 1. The van der Waals surface area contributed by atoms with Crippen molar-refractivity contribution in [3.05, 3.63) is 58.9 Å². The van der Waals surface area contributed by atoms with Crippen LogP contribution in [0.2, 0.25) is 0 Å². The summed E-state index contributed by atoms with van der Waals surface area (Å²) in [6.45, 7) is 4.40. The molecule has 2 aromatic carbocycles. The van der Waals surface area contributed by atoms with E-state index in [2.05, 4.69) is 32.5 Å². The first-order valence-electron chi connectivity index (χ1n) is 11.3. The lowest BCUT2D eigenvalue weighted by molar-refractivity contribution is 0.0309. The maximum absolute atomic E-state index is 12.0. The Bertz CT molecular complexity index is 1050. The number of methoxy groups -OCH3 is 1. The number of hydrogen-bond donors (Lipinski definition) is 2. The Morgan fingerprint density at radius 2 is 2.00 bits per heavy atom. The third-order valence-corrected chi connectivity index (χ3v) is 6.11. The lowest BCUT2D eigenvalue weighted by atomic mass is 10.0. The second-order valence-corrected chi connectivity index (χ2v) is 8.32. The van der Waals surface area contributed by atoms with E-state index in [1.807, 2.05) is 43.5 Å². The van der Waals surface area contributed by atoms with E-state index in [1.54, 1.807) is 0 Å². The molecule has 6 nitrogen and oxygen atoms in total. The number of aromatic amines is 1. The van der Waals surface area contributed by atoms with E-state index >= 15 is 0 Å². The highest BCUT2D eigenvalue weighted by atomic mass is 16.5. The highest BCUT2D eigenvalue weighted by Crippen LogP contribution is 2.26. The molecule has 0 spiro atoms. The Hall–Kier alpha value is -2.70. The van der Waals surface area contributed by atoms with Crippen LogP contribution in [0.3, 0.4) is 0 Å². The summed E-state index contributed by atoms with van der Waals surface area (Å²) in [5, 5.41) is 12.0. The average Bonchev–Trinajstić information content (AvgIpc) is 2.82. The number of fused-ring (bicyclic) bond motifs is 1. The van der Waals surface area contributed by atoms with Gasteiger partial charge in [-0.2, -0.15) is 5.10 Å². The minimum Gasteiger partial charge on any atom is -0.385 e. The number of nitrogens with zero attached hydrogens (tertiary/aromatic N) is 2. The number of nitrogens with one attached hydrogen (secondary N) is 2. The van der Waals surface area contributed by atoms with Crippen molar-refractivity contribution in [2.45, 2.75) is 38.2 Å². The summed E-state index contributed by atoms with van der Waals surface area (Å²) < 4.78 is 5.51. The van der Waals surface area contributed by atoms with Crippen LogP contribution in [0.15, 0.2) is 53.3 Å². The van der Waals surface area contributed by atoms with Crippen molar-refractivity contribution in [1.82, 2.24) is 15.1 Å². The molecule has 0 aliphatic carbocycles. The van der Waals surface area contributed by atoms with Gasteiger partial charge in [0, 0.05) is 36.8 Å². The Balaban J connectivity index is 1.28. The van der Waals surface area contributed by atoms with Crippen molar-refractivity contribution < 1.29 is 4.74 Å². The quantitative estimate of drug-likeness (QED) is 0.506. The van der Waals surface area contributed by atoms with Crippen LogP contribution in [-0.2, 0) is 4.74 Å². The molecule has 1 aliphatic heterocycles. The molecule has 31 heavy (non-hydrogen) atoms. The maximum atomic E-state index is 12.0. The van der Waals surface area contributed by atoms with E-state index in [-0.39, 0.29) is 5.56 Å². The molecule has 2 N–H and O–H groups in total. The van der Waals surface area contributed by atoms with Crippen LogP contribution in [0.25, 0.3) is 22.0 Å². The first-order valence-corrected chi connectivity index (χ1v) is 11.3. The van der Waals surface area contributed by atoms with Gasteiger partial charge in [-0.25, -0.2) is 5.10 Å². The molecule has 1 atom stereocenters. The Morgan fingerprint density at radius 1 is 1.13 bits per heavy atom. The highest BCUT2D eigenvalue weighted by molar-refractivity contribution is 5.94. The zero-order chi connectivity index (χ0) is 21.5. The molecular weight excluding hydrogens is 388 g/mol. The molecule has 1 aliphatic rings. The minimum atomic E-state index is -0.157. The van der Waals surface area contributed by atoms with Crippen LogP contribution < -0.4 is 10.9 Å². The minimum absolute atomic E-state index is 0.157. The Kier molecular flexibility index (Phi) is 7.33. The molecule has 4 rings (SSSR count). The van der Waals surface area contributed by atoms with Gasteiger partial charge in [0.05, 0.1) is 17.2 Å². The van der Waals surface area contributed by atoms with Gasteiger partial charge in [-0.3, -0.25) is 4.79 Å². The molecule has 1 fully saturated rings. The monoisotopic (exact) mass is 420 g/mol. The summed E-state index contributed by atoms with van der Waals surface area (Å²) in [5.41, 5.74) is 2.72. The molecule has 0 unspecified atom stereocenters. The number of rotatable bonds is 9. The third kappa shape index (κ3) is 5.51. The first-order chi connectivity index (χ1) is 15.2. The van der Waals surface area contributed by atoms with Gasteiger partial charge in [0.1, 0.15) is 0 Å². The number of likely N-dealkylation sites (tertiary alicyclic amines) is 1. The zero-order valence-electron chi connectivity index (χ0n) is 18.3. The van der Waals surface area contributed by atoms with E-state index in [4.69, 9.17) is 4.74 Å². The zero-order valence-corrected chi connectivity index (χ0v) is 18.3. The number of benzene rings is 2. The van der Waals surface area contributed by atoms with Crippen LogP contribution in [-0.4, -0.2) is 54.5 Å². The fourth-order valence-corrected chi connectivity index (χ4v) is 4.39. The smallest absolute Gasteiger partial charge is 0.272 e. The Morgan fingerprint density at radius 3 is 2.87 bits per heavy atom. The average molecular weight is 421 g/mol. The third-order valence-electron chi connectivity index (χ3n) is 6.11. The van der Waals surface area contributed by atoms with Crippen molar-refractivity contribution >= 4 is 16.5 Å². The number of unbranched alkanes of at least 4 members (excludes halogenated alkanes) is 2. The largest absolute Gasteiger partial charge is 0.385 e. The van der Waals surface area contributed by atoms with E-state index in [1.165, 1.54) is 38.8 Å². The maximum Gasteiger partial charge on any atom is 0.272 e. The van der Waals surface area contributed by atoms with Crippen LogP contribution in [0.5, 0.6) is 0 Å². The lowest BCUT2D eigenvalue weighted by Gasteiger charge is -2.31. The summed E-state index contributed by atoms with van der Waals surface area (Å²) in [6, 6.07) is 15.8. The van der Waals surface area contributed by atoms with Crippen molar-refractivity contribution in [3.8, 4) is 11.3 Å². The van der Waals surface area contributed by atoms with Gasteiger partial charge in [0.15, 0.2) is 0 Å². The van der Waals surface area contributed by atoms with E-state index in [0.717, 1.165) is 41.8 Å². The standard InChI is InChI=1S/C25H32N4O2/c1-31-21-11-8-16-29(18-21)15-6-2-5-14-26-20-10-7-9-19(17-20)24-22-12-3-4-13-23(22)25(30)28-27-24/h3-4,7,9-10,12-13,17,21,26H,2,5-6,8,11,14-16,18H2,1H3,(H,28,30)/t21-/m1/s1. The molecule has 1 aromatic heterocycles. The van der Waals surface area contributed by atoms with Gasteiger partial charge >= 0.3 is 0 Å². The Labute approximate surface area is 183 Å². The summed E-state index contributed by atoms with van der Waals surface area (Å²) >= 11 is 0. The lowest BCUT2D eigenvalue weighted by Crippen LogP contribution is -2.39. The van der Waals surface area contributed by atoms with Crippen molar-refractivity contribution in [2.75, 3.05) is 38.6 Å². The van der Waals surface area contributed by atoms with Crippen molar-refractivity contribution in [2.24, 2.45) is 0 Å². The van der Waals surface area contributed by atoms with Crippen LogP contribution in [0, 0.1) is 0 Å². The fraction of sp³-hybridized carbons (Fsp3) is 0.440. The molecular formula is C25H32N4O2. The van der Waals surface area contributed by atoms with Gasteiger partial charge in [0.25, 0.3) is 5.56 Å². The molecule has 3 aromatic rings. The molecule has 6 heteroatoms. The van der Waals surface area contributed by atoms with E-state index in [9.17, 15) is 4.79 Å². The number of aromatic nitrogens is 2. The number of H-pyrrole nitrogens is 1. The van der Waals surface area contributed by atoms with Gasteiger partial charge in [-0.15, -0.1) is 0 Å². The van der Waals surface area contributed by atoms with Crippen LogP contribution >= 0.6 is 0 Å². The molecule has 1 saturated heterocycles. The van der Waals surface area contributed by atoms with Gasteiger partial charge in [-0.05, 0) is 57.0 Å². The SMILES string of the molecule is CO[C@@H]1CCCN(CCCCCNc2cccc(-c3n[nH]c(=O)c4ccccc34)c2)C1. The first kappa shape index (κ1) is 21.5. The molecule has 164 valence electrons. The predicted octanol–water partition coefficient (Wildman–Crippen LogP) is 4.28. The second-order valence-electron chi connectivity index (χ2n) is 8.32. The number of hydrogen-bond acceptors (Lipinski definition) is 5. The van der Waals surface area contributed by atoms with E-state index < -0.39 is 0 Å². The summed E-state index contributed by atoms with van der Waals surface area (Å²) in [7, 11) is 1.82. The molecule has 2 heterocycles. The van der Waals surface area contributed by atoms with Crippen LogP contribution in [0.4, 0.5) is 5.69 Å². The van der Waals surface area contributed by atoms with Crippen molar-refractivity contribution in [3.63, 3.8) is 0 Å². The van der Waals surface area contributed by atoms with Gasteiger partial charge in [-0.1, -0.05) is 36.8 Å². The van der Waals surface area contributed by atoms with Crippen molar-refractivity contribution in [1.29, 1.82) is 0 Å². The molecule has 0 radical (unpaired) electrons. The van der Waals surface area contributed by atoms with Gasteiger partial charge < -0.3 is 15.0 Å². The number of anilines is 1. The van der Waals surface area contributed by atoms with Gasteiger partial charge in [0.2, 0.25) is 0 Å². The van der Waals surface area contributed by atoms with Crippen LogP contribution in [0.1, 0.15) is 32.1 Å². The molecule has 0 amide bonds. The normalized spacial score (nSPS) is 17.1. The molecule has 0 saturated carbocycles. The second kappa shape index (κ2) is 10.6. The summed E-state index contributed by atoms with van der Waals surface area (Å²) in [4.78, 5) is 14.6. The number of piperidine rings is 1. The summed E-state index contributed by atoms with van der Waals surface area (Å²) in [6.07, 6.45) is 6.44. The fourth-order valence-electron chi connectivity index (χ4n) is 4.39. The molecule has 0 bridgehead atoms. The summed E-state index contributed by atoms with van der Waals surface area (Å²) in [5.74, 6) is 0. The highest BCUT2D eigenvalue weighted by Gasteiger charge is 2.18.